The van der Waals surface area contributed by atoms with Gasteiger partial charge >= 0.3 is 6.09 Å². The highest BCUT2D eigenvalue weighted by Crippen LogP contribution is 2.35. The molecule has 0 radical (unpaired) electrons. The number of thioether (sulfide) groups is 1. The number of aliphatic hydroxyl groups excluding tert-OH is 1. The van der Waals surface area contributed by atoms with Crippen LogP contribution in [0.4, 0.5) is 10.5 Å². The summed E-state index contributed by atoms with van der Waals surface area (Å²) in [7, 11) is 0. The number of carbonyl (C=O) groups is 2. The Balaban J connectivity index is 1.74. The molecule has 1 unspecified atom stereocenters. The smallest absolute Gasteiger partial charge is 0.410 e. The van der Waals surface area contributed by atoms with Crippen LogP contribution in [-0.2, 0) is 9.53 Å². The van der Waals surface area contributed by atoms with Gasteiger partial charge < -0.3 is 15.2 Å². The average Bonchev–Trinajstić information content (AvgIpc) is 3.19. The number of benzene rings is 2. The van der Waals surface area contributed by atoms with E-state index in [1.165, 1.54) is 16.7 Å². The Morgan fingerprint density at radius 1 is 1.26 bits per heavy atom. The first-order valence-corrected chi connectivity index (χ1v) is 11.5. The number of nitrogens with one attached hydrogen (secondary N) is 1. The maximum absolute atomic E-state index is 12.9. The van der Waals surface area contributed by atoms with Crippen LogP contribution in [0.5, 0.6) is 0 Å². The fourth-order valence-electron chi connectivity index (χ4n) is 3.48. The van der Waals surface area contributed by atoms with Gasteiger partial charge in [-0.25, -0.2) is 4.79 Å². The molecule has 1 heterocycles. The molecule has 0 aliphatic carbocycles. The van der Waals surface area contributed by atoms with E-state index in [1.54, 1.807) is 32.9 Å². The van der Waals surface area contributed by atoms with E-state index in [-0.39, 0.29) is 11.8 Å². The molecule has 1 atom stereocenters. The van der Waals surface area contributed by atoms with E-state index in [0.29, 0.717) is 23.7 Å². The maximum atomic E-state index is 12.9. The Morgan fingerprint density at radius 2 is 2.00 bits per heavy atom. The summed E-state index contributed by atoms with van der Waals surface area (Å²) in [5, 5.41) is 12.5. The monoisotopic (exact) mass is 462 g/mol. The van der Waals surface area contributed by atoms with Crippen LogP contribution in [0.1, 0.15) is 33.6 Å². The second-order valence-corrected chi connectivity index (χ2v) is 9.68. The van der Waals surface area contributed by atoms with E-state index < -0.39 is 17.7 Å². The summed E-state index contributed by atoms with van der Waals surface area (Å²) in [6, 6.07) is 12.5. The van der Waals surface area contributed by atoms with Gasteiger partial charge in [-0.3, -0.25) is 9.69 Å². The number of rotatable bonds is 5. The minimum Gasteiger partial charge on any atom is -0.444 e. The number of halogens is 1. The number of hydrogen-bond donors (Lipinski definition) is 2. The van der Waals surface area contributed by atoms with Crippen molar-refractivity contribution < 1.29 is 19.4 Å². The summed E-state index contributed by atoms with van der Waals surface area (Å²) in [4.78, 5) is 27.8. The molecule has 166 valence electrons. The number of carbonyl (C=O) groups excluding carboxylic acids is 2. The highest BCUT2D eigenvalue weighted by Gasteiger charge is 2.36. The molecular formula is C23H27ClN2O4S. The normalized spacial score (nSPS) is 16.3. The molecule has 2 aromatic rings. The fraction of sp³-hybridized carbons (Fsp3) is 0.391. The zero-order valence-corrected chi connectivity index (χ0v) is 19.4. The van der Waals surface area contributed by atoms with E-state index >= 15 is 0 Å². The van der Waals surface area contributed by atoms with Crippen molar-refractivity contribution in [1.29, 1.82) is 0 Å². The molecule has 0 aromatic heterocycles. The molecule has 0 bridgehead atoms. The van der Waals surface area contributed by atoms with Crippen LogP contribution in [0.2, 0.25) is 5.02 Å². The van der Waals surface area contributed by atoms with Crippen LogP contribution >= 0.6 is 23.4 Å². The number of anilines is 1. The summed E-state index contributed by atoms with van der Waals surface area (Å²) < 4.78 is 5.43. The molecule has 2 aromatic carbocycles. The quantitative estimate of drug-likeness (QED) is 0.460. The SMILES string of the molecule is CC(C)(C)OC(=O)N1CCCC1C(=O)Nc1ccc(-c2ccccc2SCO)cc1Cl. The van der Waals surface area contributed by atoms with Crippen LogP contribution < -0.4 is 5.32 Å². The highest BCUT2D eigenvalue weighted by atomic mass is 35.5. The number of amides is 2. The second-order valence-electron chi connectivity index (χ2n) is 8.29. The van der Waals surface area contributed by atoms with Gasteiger partial charge in [0.05, 0.1) is 16.6 Å². The molecule has 0 saturated carbocycles. The molecule has 6 nitrogen and oxygen atoms in total. The Hall–Kier alpha value is -2.22. The van der Waals surface area contributed by atoms with Crippen LogP contribution in [0, 0.1) is 0 Å². The maximum Gasteiger partial charge on any atom is 0.410 e. The van der Waals surface area contributed by atoms with Crippen molar-refractivity contribution in [3.63, 3.8) is 0 Å². The molecule has 0 spiro atoms. The zero-order valence-electron chi connectivity index (χ0n) is 17.9. The van der Waals surface area contributed by atoms with Crippen molar-refractivity contribution in [2.45, 2.75) is 50.2 Å². The molecule has 2 N–H and O–H groups in total. The summed E-state index contributed by atoms with van der Waals surface area (Å²) >= 11 is 7.80. The Labute approximate surface area is 191 Å². The minimum absolute atomic E-state index is 0.0194. The van der Waals surface area contributed by atoms with Gasteiger partial charge in [0.1, 0.15) is 11.6 Å². The Bertz CT molecular complexity index is 961. The molecule has 1 saturated heterocycles. The molecule has 3 rings (SSSR count). The van der Waals surface area contributed by atoms with Crippen LogP contribution in [0.25, 0.3) is 11.1 Å². The molecule has 1 fully saturated rings. The van der Waals surface area contributed by atoms with Gasteiger partial charge in [-0.15, -0.1) is 0 Å². The van der Waals surface area contributed by atoms with Crippen LogP contribution in [0.15, 0.2) is 47.4 Å². The number of hydrogen-bond acceptors (Lipinski definition) is 5. The first-order chi connectivity index (χ1) is 14.7. The van der Waals surface area contributed by atoms with Gasteiger partial charge in [-0.1, -0.05) is 47.6 Å². The summed E-state index contributed by atoms with van der Waals surface area (Å²) in [5.74, 6) is -0.303. The molecule has 1 aliphatic heterocycles. The molecule has 2 amide bonds. The standard InChI is InChI=1S/C23H27ClN2O4S/c1-23(2,3)30-22(29)26-12-6-8-19(26)21(28)25-18-11-10-15(13-17(18)24)16-7-4-5-9-20(16)31-14-27/h4-5,7,9-11,13,19,27H,6,8,12,14H2,1-3H3,(H,25,28). The van der Waals surface area contributed by atoms with Gasteiger partial charge in [0.2, 0.25) is 5.91 Å². The number of nitrogens with zero attached hydrogens (tertiary/aromatic N) is 1. The van der Waals surface area contributed by atoms with Gasteiger partial charge in [-0.2, -0.15) is 0 Å². The molecule has 31 heavy (non-hydrogen) atoms. The minimum atomic E-state index is -0.621. The van der Waals surface area contributed by atoms with Crippen molar-refractivity contribution in [3.8, 4) is 11.1 Å². The van der Waals surface area contributed by atoms with Gasteiger partial charge in [-0.05, 0) is 62.9 Å². The van der Waals surface area contributed by atoms with E-state index in [2.05, 4.69) is 5.32 Å². The van der Waals surface area contributed by atoms with Crippen molar-refractivity contribution in [3.05, 3.63) is 47.5 Å². The highest BCUT2D eigenvalue weighted by molar-refractivity contribution is 7.99. The molecular weight excluding hydrogens is 436 g/mol. The molecule has 1 aliphatic rings. The third-order valence-corrected chi connectivity index (χ3v) is 5.94. The topological polar surface area (TPSA) is 78.9 Å². The Morgan fingerprint density at radius 3 is 2.68 bits per heavy atom. The Kier molecular flexibility index (Phi) is 7.51. The van der Waals surface area contributed by atoms with Gasteiger partial charge in [0.25, 0.3) is 0 Å². The van der Waals surface area contributed by atoms with E-state index in [9.17, 15) is 14.7 Å². The predicted molar refractivity (Wildman–Crippen MR) is 124 cm³/mol. The van der Waals surface area contributed by atoms with Crippen molar-refractivity contribution in [2.24, 2.45) is 0 Å². The van der Waals surface area contributed by atoms with Crippen LogP contribution in [-0.4, -0.2) is 46.1 Å². The largest absolute Gasteiger partial charge is 0.444 e. The third-order valence-electron chi connectivity index (χ3n) is 4.83. The van der Waals surface area contributed by atoms with Crippen molar-refractivity contribution in [1.82, 2.24) is 4.90 Å². The average molecular weight is 463 g/mol. The number of ether oxygens (including phenoxy) is 1. The van der Waals surface area contributed by atoms with Crippen molar-refractivity contribution >= 4 is 41.1 Å². The first-order valence-electron chi connectivity index (χ1n) is 10.1. The van der Waals surface area contributed by atoms with E-state index in [4.69, 9.17) is 16.3 Å². The number of aliphatic hydroxyl groups is 1. The van der Waals surface area contributed by atoms with Gasteiger partial charge in [0.15, 0.2) is 0 Å². The number of likely N-dealkylation sites (tertiary alicyclic amines) is 1. The first kappa shape index (κ1) is 23.4. The fourth-order valence-corrected chi connectivity index (χ4v) is 4.36. The zero-order chi connectivity index (χ0) is 22.6. The molecule has 8 heteroatoms. The lowest BCUT2D eigenvalue weighted by Crippen LogP contribution is -2.45. The third kappa shape index (κ3) is 5.93. The van der Waals surface area contributed by atoms with E-state index in [1.807, 2.05) is 30.3 Å². The lowest BCUT2D eigenvalue weighted by Gasteiger charge is -2.28. The second kappa shape index (κ2) is 9.94. The lowest BCUT2D eigenvalue weighted by atomic mass is 10.1. The summed E-state index contributed by atoms with van der Waals surface area (Å²) in [5.41, 5.74) is 1.70. The van der Waals surface area contributed by atoms with Crippen LogP contribution in [0.3, 0.4) is 0 Å². The van der Waals surface area contributed by atoms with Crippen molar-refractivity contribution in [2.75, 3.05) is 17.8 Å². The van der Waals surface area contributed by atoms with E-state index in [0.717, 1.165) is 22.4 Å². The lowest BCUT2D eigenvalue weighted by molar-refractivity contribution is -0.120. The van der Waals surface area contributed by atoms with Gasteiger partial charge in [0, 0.05) is 11.4 Å². The summed E-state index contributed by atoms with van der Waals surface area (Å²) in [6.07, 6.45) is 0.833. The summed E-state index contributed by atoms with van der Waals surface area (Å²) in [6.45, 7) is 5.89. The predicted octanol–water partition coefficient (Wildman–Crippen LogP) is 5.39.